The molecule has 0 radical (unpaired) electrons. The zero-order chi connectivity index (χ0) is 19.4. The number of aromatic nitrogens is 2. The summed E-state index contributed by atoms with van der Waals surface area (Å²) < 4.78 is 16.1. The van der Waals surface area contributed by atoms with E-state index in [9.17, 15) is 4.79 Å². The first-order valence-electron chi connectivity index (χ1n) is 10.1. The Bertz CT molecular complexity index is 790. The molecule has 1 saturated heterocycles. The van der Waals surface area contributed by atoms with E-state index in [1.54, 1.807) is 7.11 Å². The smallest absolute Gasteiger partial charge is 0.255 e. The average molecular weight is 385 g/mol. The van der Waals surface area contributed by atoms with Crippen molar-refractivity contribution in [1.82, 2.24) is 15.5 Å². The molecule has 7 nitrogen and oxygen atoms in total. The molecule has 2 heterocycles. The second-order valence-electron chi connectivity index (χ2n) is 7.60. The van der Waals surface area contributed by atoms with Gasteiger partial charge in [-0.3, -0.25) is 4.79 Å². The Labute approximate surface area is 164 Å². The lowest BCUT2D eigenvalue weighted by Gasteiger charge is -2.36. The van der Waals surface area contributed by atoms with Crippen LogP contribution in [0.2, 0.25) is 0 Å². The quantitative estimate of drug-likeness (QED) is 0.820. The van der Waals surface area contributed by atoms with Crippen LogP contribution in [-0.2, 0) is 21.5 Å². The SMILES string of the molecule is COc1ccc(C2(C(=O)NCc3noc(C4CCCO4)n3)CCCCC2)cc1. The van der Waals surface area contributed by atoms with Crippen LogP contribution < -0.4 is 10.1 Å². The minimum atomic E-state index is -0.508. The molecule has 150 valence electrons. The van der Waals surface area contributed by atoms with Crippen molar-refractivity contribution in [1.29, 1.82) is 0 Å². The Morgan fingerprint density at radius 3 is 2.68 bits per heavy atom. The van der Waals surface area contributed by atoms with Crippen LogP contribution in [0.25, 0.3) is 0 Å². The first-order chi connectivity index (χ1) is 13.7. The van der Waals surface area contributed by atoms with E-state index < -0.39 is 5.41 Å². The first kappa shape index (κ1) is 18.9. The molecule has 1 saturated carbocycles. The molecule has 1 amide bonds. The van der Waals surface area contributed by atoms with Crippen LogP contribution in [0.1, 0.15) is 68.3 Å². The fourth-order valence-electron chi connectivity index (χ4n) is 4.28. The molecule has 28 heavy (non-hydrogen) atoms. The highest BCUT2D eigenvalue weighted by Crippen LogP contribution is 2.40. The van der Waals surface area contributed by atoms with Crippen molar-refractivity contribution >= 4 is 5.91 Å². The zero-order valence-corrected chi connectivity index (χ0v) is 16.3. The maximum atomic E-state index is 13.3. The van der Waals surface area contributed by atoms with Gasteiger partial charge in [-0.2, -0.15) is 4.98 Å². The van der Waals surface area contributed by atoms with Crippen LogP contribution in [0.15, 0.2) is 28.8 Å². The molecule has 2 aromatic rings. The topological polar surface area (TPSA) is 86.5 Å². The summed E-state index contributed by atoms with van der Waals surface area (Å²) in [5.74, 6) is 1.81. The Morgan fingerprint density at radius 1 is 1.21 bits per heavy atom. The fraction of sp³-hybridized carbons (Fsp3) is 0.571. The predicted molar refractivity (Wildman–Crippen MR) is 102 cm³/mol. The molecule has 1 unspecified atom stereocenters. The number of carbonyl (C=O) groups is 1. The molecule has 1 atom stereocenters. The molecule has 7 heteroatoms. The zero-order valence-electron chi connectivity index (χ0n) is 16.3. The normalized spacial score (nSPS) is 21.4. The minimum Gasteiger partial charge on any atom is -0.497 e. The summed E-state index contributed by atoms with van der Waals surface area (Å²) in [6.07, 6.45) is 6.74. The van der Waals surface area contributed by atoms with Gasteiger partial charge in [0.2, 0.25) is 5.91 Å². The van der Waals surface area contributed by atoms with Crippen LogP contribution >= 0.6 is 0 Å². The molecular formula is C21H27N3O4. The third kappa shape index (κ3) is 3.76. The number of nitrogens with zero attached hydrogens (tertiary/aromatic N) is 2. The maximum Gasteiger partial charge on any atom is 0.255 e. The number of hydrogen-bond acceptors (Lipinski definition) is 6. The highest BCUT2D eigenvalue weighted by Gasteiger charge is 2.41. The van der Waals surface area contributed by atoms with Gasteiger partial charge in [-0.25, -0.2) is 0 Å². The molecule has 1 aliphatic carbocycles. The van der Waals surface area contributed by atoms with Gasteiger partial charge in [0.1, 0.15) is 11.9 Å². The highest BCUT2D eigenvalue weighted by molar-refractivity contribution is 5.88. The van der Waals surface area contributed by atoms with Gasteiger partial charge in [0.05, 0.1) is 19.1 Å². The molecule has 1 aliphatic heterocycles. The Morgan fingerprint density at radius 2 is 2.00 bits per heavy atom. The summed E-state index contributed by atoms with van der Waals surface area (Å²) in [4.78, 5) is 17.7. The highest BCUT2D eigenvalue weighted by atomic mass is 16.5. The Hall–Kier alpha value is -2.41. The van der Waals surface area contributed by atoms with Crippen molar-refractivity contribution in [3.8, 4) is 5.75 Å². The Balaban J connectivity index is 1.46. The lowest BCUT2D eigenvalue weighted by atomic mass is 9.68. The number of nitrogens with one attached hydrogen (secondary N) is 1. The molecular weight excluding hydrogens is 358 g/mol. The summed E-state index contributed by atoms with van der Waals surface area (Å²) >= 11 is 0. The van der Waals surface area contributed by atoms with Crippen molar-refractivity contribution < 1.29 is 18.8 Å². The van der Waals surface area contributed by atoms with Crippen LogP contribution in [-0.4, -0.2) is 29.8 Å². The van der Waals surface area contributed by atoms with Crippen molar-refractivity contribution in [2.24, 2.45) is 0 Å². The second-order valence-corrected chi connectivity index (χ2v) is 7.60. The third-order valence-corrected chi connectivity index (χ3v) is 5.88. The molecule has 2 fully saturated rings. The van der Waals surface area contributed by atoms with Crippen LogP contribution in [0.5, 0.6) is 5.75 Å². The predicted octanol–water partition coefficient (Wildman–Crippen LogP) is 3.45. The molecule has 0 spiro atoms. The summed E-state index contributed by atoms with van der Waals surface area (Å²) in [6.45, 7) is 0.983. The third-order valence-electron chi connectivity index (χ3n) is 5.88. The van der Waals surface area contributed by atoms with Crippen LogP contribution in [0.4, 0.5) is 0 Å². The van der Waals surface area contributed by atoms with E-state index in [0.717, 1.165) is 56.4 Å². The van der Waals surface area contributed by atoms with E-state index in [4.69, 9.17) is 14.0 Å². The summed E-state index contributed by atoms with van der Waals surface area (Å²) in [7, 11) is 1.65. The van der Waals surface area contributed by atoms with Gasteiger partial charge in [-0.1, -0.05) is 36.6 Å². The van der Waals surface area contributed by atoms with Crippen molar-refractivity contribution in [3.63, 3.8) is 0 Å². The van der Waals surface area contributed by atoms with Gasteiger partial charge >= 0.3 is 0 Å². The number of benzene rings is 1. The van der Waals surface area contributed by atoms with Crippen LogP contribution in [0.3, 0.4) is 0 Å². The van der Waals surface area contributed by atoms with E-state index >= 15 is 0 Å². The summed E-state index contributed by atoms with van der Waals surface area (Å²) in [5, 5.41) is 7.04. The summed E-state index contributed by atoms with van der Waals surface area (Å²) in [6, 6.07) is 7.86. The number of hydrogen-bond donors (Lipinski definition) is 1. The van der Waals surface area contributed by atoms with E-state index in [1.165, 1.54) is 6.42 Å². The largest absolute Gasteiger partial charge is 0.497 e. The molecule has 1 N–H and O–H groups in total. The number of amides is 1. The monoisotopic (exact) mass is 385 g/mol. The van der Waals surface area contributed by atoms with E-state index in [1.807, 2.05) is 24.3 Å². The van der Waals surface area contributed by atoms with Gasteiger partial charge in [0.25, 0.3) is 5.89 Å². The number of ether oxygens (including phenoxy) is 2. The molecule has 0 bridgehead atoms. The Kier molecular flexibility index (Phi) is 5.62. The molecule has 4 rings (SSSR count). The molecule has 1 aromatic carbocycles. The maximum absolute atomic E-state index is 13.3. The van der Waals surface area contributed by atoms with E-state index in [0.29, 0.717) is 11.7 Å². The van der Waals surface area contributed by atoms with E-state index in [-0.39, 0.29) is 18.6 Å². The van der Waals surface area contributed by atoms with E-state index in [2.05, 4.69) is 15.5 Å². The average Bonchev–Trinajstić information content (AvgIpc) is 3.44. The van der Waals surface area contributed by atoms with Crippen LogP contribution in [0, 0.1) is 0 Å². The second kappa shape index (κ2) is 8.31. The summed E-state index contributed by atoms with van der Waals surface area (Å²) in [5.41, 5.74) is 0.532. The standard InChI is InChI=1S/C21H27N3O4/c1-26-16-9-7-15(8-10-16)21(11-3-2-4-12-21)20(25)22-14-18-23-19(28-24-18)17-6-5-13-27-17/h7-10,17H,2-6,11-14H2,1H3,(H,22,25). The minimum absolute atomic E-state index is 0.0285. The lowest BCUT2D eigenvalue weighted by Crippen LogP contribution is -2.45. The van der Waals surface area contributed by atoms with Gasteiger partial charge < -0.3 is 19.3 Å². The molecule has 1 aromatic heterocycles. The van der Waals surface area contributed by atoms with Crippen molar-refractivity contribution in [2.45, 2.75) is 63.0 Å². The van der Waals surface area contributed by atoms with Gasteiger partial charge in [0, 0.05) is 6.61 Å². The first-order valence-corrected chi connectivity index (χ1v) is 10.1. The van der Waals surface area contributed by atoms with Crippen molar-refractivity contribution in [3.05, 3.63) is 41.5 Å². The lowest BCUT2D eigenvalue weighted by molar-refractivity contribution is -0.128. The van der Waals surface area contributed by atoms with Gasteiger partial charge in [0.15, 0.2) is 5.82 Å². The number of rotatable bonds is 6. The van der Waals surface area contributed by atoms with Gasteiger partial charge in [-0.15, -0.1) is 0 Å². The number of carbonyl (C=O) groups excluding carboxylic acids is 1. The fourth-order valence-corrected chi connectivity index (χ4v) is 4.28. The van der Waals surface area contributed by atoms with Crippen molar-refractivity contribution in [2.75, 3.05) is 13.7 Å². The number of methoxy groups -OCH3 is 1. The van der Waals surface area contributed by atoms with Gasteiger partial charge in [-0.05, 0) is 43.4 Å². The molecule has 2 aliphatic rings.